The van der Waals surface area contributed by atoms with Gasteiger partial charge in [-0.05, 0) is 31.5 Å². The average molecular weight is 299 g/mol. The van der Waals surface area contributed by atoms with Crippen LogP contribution in [0.25, 0.3) is 0 Å². The number of benzene rings is 1. The van der Waals surface area contributed by atoms with Crippen LogP contribution in [0.5, 0.6) is 0 Å². The smallest absolute Gasteiger partial charge is 0.246 e. The first-order chi connectivity index (χ1) is 10.8. The van der Waals surface area contributed by atoms with E-state index in [9.17, 15) is 9.59 Å². The molecule has 0 N–H and O–H groups in total. The Morgan fingerprint density at radius 2 is 1.95 bits per heavy atom. The number of carbonyl (C=O) groups is 2. The third-order valence-corrected chi connectivity index (χ3v) is 4.51. The predicted molar refractivity (Wildman–Crippen MR) is 84.4 cm³/mol. The van der Waals surface area contributed by atoms with Gasteiger partial charge in [0, 0.05) is 18.6 Å². The zero-order valence-electron chi connectivity index (χ0n) is 12.6. The fraction of sp³-hybridized carbons (Fsp3) is 0.471. The Hall–Kier alpha value is -2.01. The van der Waals surface area contributed by atoms with Gasteiger partial charge >= 0.3 is 0 Å². The molecule has 1 amide bonds. The Labute approximate surface area is 130 Å². The summed E-state index contributed by atoms with van der Waals surface area (Å²) < 4.78 is 0. The van der Waals surface area contributed by atoms with Crippen molar-refractivity contribution in [1.29, 1.82) is 0 Å². The fourth-order valence-corrected chi connectivity index (χ4v) is 3.23. The molecule has 0 aliphatic carbocycles. The summed E-state index contributed by atoms with van der Waals surface area (Å²) in [5.41, 5.74) is 1.13. The first kappa shape index (κ1) is 14.9. The molecule has 116 valence electrons. The van der Waals surface area contributed by atoms with E-state index in [0.717, 1.165) is 44.2 Å². The number of aldehydes is 1. The Bertz CT molecular complexity index is 550. The highest BCUT2D eigenvalue weighted by atomic mass is 16.2. The number of hydrogen-bond donors (Lipinski definition) is 0. The van der Waals surface area contributed by atoms with Crippen molar-refractivity contribution in [3.63, 3.8) is 0 Å². The minimum atomic E-state index is 0.0179. The molecule has 22 heavy (non-hydrogen) atoms. The van der Waals surface area contributed by atoms with Crippen LogP contribution in [0.3, 0.4) is 0 Å². The molecule has 0 unspecified atom stereocenters. The van der Waals surface area contributed by atoms with Crippen LogP contribution in [0.4, 0.5) is 0 Å². The van der Waals surface area contributed by atoms with E-state index in [1.807, 2.05) is 36.5 Å². The van der Waals surface area contributed by atoms with E-state index in [-0.39, 0.29) is 17.9 Å². The molecule has 0 saturated carbocycles. The van der Waals surface area contributed by atoms with Gasteiger partial charge in [-0.1, -0.05) is 30.3 Å². The third-order valence-electron chi connectivity index (χ3n) is 4.51. The standard InChI is InChI=1S/C17H21N3O2/c21-13-12-19-10-7-15(8-11-19)17(22)20-16(6-9-18-20)14-4-2-1-3-5-14/h1-5,9,13,15-16H,6-8,10-12H2/t16-/m0/s1. The molecule has 1 saturated heterocycles. The number of likely N-dealkylation sites (tertiary alicyclic amines) is 1. The summed E-state index contributed by atoms with van der Waals surface area (Å²) in [7, 11) is 0. The molecule has 2 aliphatic heterocycles. The number of nitrogens with zero attached hydrogens (tertiary/aromatic N) is 3. The van der Waals surface area contributed by atoms with Crippen LogP contribution in [0.1, 0.15) is 30.9 Å². The molecule has 1 aromatic rings. The van der Waals surface area contributed by atoms with Gasteiger partial charge in [-0.25, -0.2) is 5.01 Å². The van der Waals surface area contributed by atoms with E-state index in [2.05, 4.69) is 10.0 Å². The number of hydrogen-bond acceptors (Lipinski definition) is 4. The zero-order valence-corrected chi connectivity index (χ0v) is 12.6. The minimum absolute atomic E-state index is 0.0179. The molecule has 0 radical (unpaired) electrons. The van der Waals surface area contributed by atoms with E-state index < -0.39 is 0 Å². The Kier molecular flexibility index (Phi) is 4.63. The summed E-state index contributed by atoms with van der Waals surface area (Å²) in [6, 6.07) is 10.1. The SMILES string of the molecule is O=CCN1CCC(C(=O)N2N=CC[C@H]2c2ccccc2)CC1. The van der Waals surface area contributed by atoms with Crippen molar-refractivity contribution in [2.75, 3.05) is 19.6 Å². The summed E-state index contributed by atoms with van der Waals surface area (Å²) in [6.07, 6.45) is 5.15. The van der Waals surface area contributed by atoms with Crippen molar-refractivity contribution in [3.05, 3.63) is 35.9 Å². The number of amides is 1. The van der Waals surface area contributed by atoms with Gasteiger partial charge < -0.3 is 4.79 Å². The summed E-state index contributed by atoms with van der Waals surface area (Å²) in [5.74, 6) is 0.137. The van der Waals surface area contributed by atoms with Gasteiger partial charge in [-0.2, -0.15) is 5.10 Å². The van der Waals surface area contributed by atoms with Crippen LogP contribution in [-0.2, 0) is 9.59 Å². The second-order valence-corrected chi connectivity index (χ2v) is 5.88. The summed E-state index contributed by atoms with van der Waals surface area (Å²) in [5, 5.41) is 5.98. The second-order valence-electron chi connectivity index (χ2n) is 5.88. The molecule has 2 heterocycles. The predicted octanol–water partition coefficient (Wildman–Crippen LogP) is 1.86. The number of carbonyl (C=O) groups excluding carboxylic acids is 2. The van der Waals surface area contributed by atoms with E-state index in [0.29, 0.717) is 6.54 Å². The van der Waals surface area contributed by atoms with Gasteiger partial charge in [0.25, 0.3) is 0 Å². The van der Waals surface area contributed by atoms with E-state index >= 15 is 0 Å². The molecule has 2 aliphatic rings. The van der Waals surface area contributed by atoms with Gasteiger partial charge in [0.2, 0.25) is 5.91 Å². The first-order valence-electron chi connectivity index (χ1n) is 7.86. The highest BCUT2D eigenvalue weighted by Gasteiger charge is 2.34. The van der Waals surface area contributed by atoms with E-state index in [1.165, 1.54) is 0 Å². The van der Waals surface area contributed by atoms with Crippen molar-refractivity contribution in [2.45, 2.75) is 25.3 Å². The van der Waals surface area contributed by atoms with Gasteiger partial charge in [0.05, 0.1) is 12.6 Å². The Morgan fingerprint density at radius 3 is 2.64 bits per heavy atom. The van der Waals surface area contributed by atoms with E-state index in [4.69, 9.17) is 0 Å². The largest absolute Gasteiger partial charge is 0.302 e. The van der Waals surface area contributed by atoms with Gasteiger partial charge in [0.1, 0.15) is 6.29 Å². The Balaban J connectivity index is 1.64. The molecule has 0 spiro atoms. The summed E-state index contributed by atoms with van der Waals surface area (Å²) in [6.45, 7) is 2.08. The first-order valence-corrected chi connectivity index (χ1v) is 7.86. The highest BCUT2D eigenvalue weighted by Crippen LogP contribution is 2.31. The van der Waals surface area contributed by atoms with Gasteiger partial charge in [0.15, 0.2) is 0 Å². The van der Waals surface area contributed by atoms with Crippen LogP contribution in [0, 0.1) is 5.92 Å². The summed E-state index contributed by atoms with van der Waals surface area (Å²) in [4.78, 5) is 25.4. The molecule has 5 nitrogen and oxygen atoms in total. The third kappa shape index (κ3) is 3.09. The maximum atomic E-state index is 12.8. The van der Waals surface area contributed by atoms with Crippen molar-refractivity contribution >= 4 is 18.4 Å². The molecule has 3 rings (SSSR count). The Morgan fingerprint density at radius 1 is 1.23 bits per heavy atom. The lowest BCUT2D eigenvalue weighted by Crippen LogP contribution is -2.41. The molecule has 5 heteroatoms. The number of piperidine rings is 1. The number of rotatable bonds is 4. The zero-order chi connectivity index (χ0) is 15.4. The quantitative estimate of drug-likeness (QED) is 0.797. The molecule has 1 fully saturated rings. The molecule has 1 aromatic carbocycles. The van der Waals surface area contributed by atoms with Crippen LogP contribution in [0.2, 0.25) is 0 Å². The molecule has 1 atom stereocenters. The maximum Gasteiger partial charge on any atom is 0.246 e. The summed E-state index contributed by atoms with van der Waals surface area (Å²) >= 11 is 0. The maximum absolute atomic E-state index is 12.8. The lowest BCUT2D eigenvalue weighted by Gasteiger charge is -2.32. The lowest BCUT2D eigenvalue weighted by atomic mass is 9.94. The van der Waals surface area contributed by atoms with E-state index in [1.54, 1.807) is 5.01 Å². The molecule has 0 aromatic heterocycles. The van der Waals surface area contributed by atoms with Crippen LogP contribution in [-0.4, -0.2) is 48.0 Å². The average Bonchev–Trinajstić information content (AvgIpc) is 3.06. The molecular formula is C17H21N3O2. The van der Waals surface area contributed by atoms with Crippen molar-refractivity contribution in [1.82, 2.24) is 9.91 Å². The minimum Gasteiger partial charge on any atom is -0.302 e. The molecular weight excluding hydrogens is 278 g/mol. The molecule has 0 bridgehead atoms. The van der Waals surface area contributed by atoms with Crippen LogP contribution < -0.4 is 0 Å². The van der Waals surface area contributed by atoms with Gasteiger partial charge in [-0.3, -0.25) is 9.69 Å². The van der Waals surface area contributed by atoms with Crippen LogP contribution >= 0.6 is 0 Å². The number of hydrazone groups is 1. The topological polar surface area (TPSA) is 53.0 Å². The highest BCUT2D eigenvalue weighted by molar-refractivity contribution is 5.82. The second kappa shape index (κ2) is 6.83. The normalized spacial score (nSPS) is 22.9. The van der Waals surface area contributed by atoms with Crippen molar-refractivity contribution in [3.8, 4) is 0 Å². The monoisotopic (exact) mass is 299 g/mol. The lowest BCUT2D eigenvalue weighted by molar-refractivity contribution is -0.139. The van der Waals surface area contributed by atoms with Crippen molar-refractivity contribution < 1.29 is 9.59 Å². The fourth-order valence-electron chi connectivity index (χ4n) is 3.23. The van der Waals surface area contributed by atoms with Gasteiger partial charge in [-0.15, -0.1) is 0 Å². The van der Waals surface area contributed by atoms with Crippen molar-refractivity contribution in [2.24, 2.45) is 11.0 Å². The van der Waals surface area contributed by atoms with Crippen LogP contribution in [0.15, 0.2) is 35.4 Å².